The van der Waals surface area contributed by atoms with E-state index in [1.807, 2.05) is 13.0 Å². The first-order valence-corrected chi connectivity index (χ1v) is 7.46. The van der Waals surface area contributed by atoms with Gasteiger partial charge in [-0.25, -0.2) is 4.79 Å². The van der Waals surface area contributed by atoms with Crippen LogP contribution in [0, 0.1) is 5.92 Å². The molecule has 1 N–H and O–H groups in total. The van der Waals surface area contributed by atoms with E-state index in [0.29, 0.717) is 30.6 Å². The molecule has 0 fully saturated rings. The van der Waals surface area contributed by atoms with Crippen LogP contribution in [0.1, 0.15) is 52.4 Å². The quantitative estimate of drug-likeness (QED) is 0.785. The first-order valence-electron chi connectivity index (χ1n) is 7.46. The first kappa shape index (κ1) is 15.0. The third-order valence-electron chi connectivity index (χ3n) is 3.96. The normalized spacial score (nSPS) is 27.8. The maximum atomic E-state index is 12.0. The molecule has 20 heavy (non-hydrogen) atoms. The van der Waals surface area contributed by atoms with Crippen molar-refractivity contribution in [3.8, 4) is 0 Å². The summed E-state index contributed by atoms with van der Waals surface area (Å²) in [5, 5.41) is 10.3. The maximum Gasteiger partial charge on any atom is 0.342 e. The summed E-state index contributed by atoms with van der Waals surface area (Å²) in [6.45, 7) is 3.99. The number of hydrogen-bond donors (Lipinski definition) is 1. The molecule has 0 unspecified atom stereocenters. The number of carbonyl (C=O) groups excluding carboxylic acids is 2. The van der Waals surface area contributed by atoms with Crippen LogP contribution < -0.4 is 0 Å². The van der Waals surface area contributed by atoms with Gasteiger partial charge in [-0.3, -0.25) is 4.79 Å². The highest BCUT2D eigenvalue weighted by atomic mass is 16.5. The number of esters is 1. The highest BCUT2D eigenvalue weighted by molar-refractivity contribution is 5.97. The largest absolute Gasteiger partial charge is 0.423 e. The molecule has 1 aliphatic heterocycles. The number of hydrogen-bond acceptors (Lipinski definition) is 4. The summed E-state index contributed by atoms with van der Waals surface area (Å²) in [4.78, 5) is 23.9. The molecule has 0 spiro atoms. The predicted molar refractivity (Wildman–Crippen MR) is 74.8 cm³/mol. The van der Waals surface area contributed by atoms with Crippen LogP contribution in [0.3, 0.4) is 0 Å². The van der Waals surface area contributed by atoms with Crippen LogP contribution in [0.5, 0.6) is 0 Å². The van der Waals surface area contributed by atoms with Crippen LogP contribution in [0.15, 0.2) is 23.0 Å². The van der Waals surface area contributed by atoms with Crippen LogP contribution in [0.4, 0.5) is 0 Å². The summed E-state index contributed by atoms with van der Waals surface area (Å²) >= 11 is 0. The molecule has 0 saturated heterocycles. The number of rotatable bonds is 5. The molecule has 0 aromatic carbocycles. The van der Waals surface area contributed by atoms with E-state index in [-0.39, 0.29) is 5.78 Å². The Morgan fingerprint density at radius 1 is 1.40 bits per heavy atom. The highest BCUT2D eigenvalue weighted by Crippen LogP contribution is 2.40. The SMILES string of the molecule is CCC/C=C1\OC(=O)C2=C1CC[C@H](C(=O)CCC)[C@@H]2O. The van der Waals surface area contributed by atoms with Crippen molar-refractivity contribution in [3.05, 3.63) is 23.0 Å². The second-order valence-electron chi connectivity index (χ2n) is 5.45. The Kier molecular flexibility index (Phi) is 4.76. The van der Waals surface area contributed by atoms with Gasteiger partial charge in [0, 0.05) is 17.9 Å². The standard InChI is InChI=1S/C16H22O4/c1-3-5-7-13-11-9-8-10(12(17)6-4-2)15(18)14(11)16(19)20-13/h7,10,15,18H,3-6,8-9H2,1-2H3/b13-7-/t10-,15+/m1/s1. The van der Waals surface area contributed by atoms with Crippen molar-refractivity contribution in [2.24, 2.45) is 5.92 Å². The summed E-state index contributed by atoms with van der Waals surface area (Å²) in [6, 6.07) is 0. The number of ether oxygens (including phenoxy) is 1. The average Bonchev–Trinajstić information content (AvgIpc) is 2.74. The lowest BCUT2D eigenvalue weighted by atomic mass is 9.78. The van der Waals surface area contributed by atoms with Gasteiger partial charge in [-0.15, -0.1) is 0 Å². The van der Waals surface area contributed by atoms with Gasteiger partial charge in [-0.1, -0.05) is 20.3 Å². The Morgan fingerprint density at radius 2 is 2.15 bits per heavy atom. The lowest BCUT2D eigenvalue weighted by Crippen LogP contribution is -2.34. The van der Waals surface area contributed by atoms with Crippen molar-refractivity contribution in [1.82, 2.24) is 0 Å². The number of unbranched alkanes of at least 4 members (excludes halogenated alkanes) is 1. The van der Waals surface area contributed by atoms with E-state index in [9.17, 15) is 14.7 Å². The zero-order valence-corrected chi connectivity index (χ0v) is 12.1. The van der Waals surface area contributed by atoms with Crippen molar-refractivity contribution < 1.29 is 19.4 Å². The molecule has 1 heterocycles. The number of aliphatic hydroxyl groups is 1. The van der Waals surface area contributed by atoms with Crippen LogP contribution >= 0.6 is 0 Å². The number of Topliss-reactive ketones (excluding diaryl/α,β-unsaturated/α-hetero) is 1. The minimum absolute atomic E-state index is 0.0466. The van der Waals surface area contributed by atoms with E-state index in [0.717, 1.165) is 24.8 Å². The van der Waals surface area contributed by atoms with Gasteiger partial charge in [0.1, 0.15) is 11.5 Å². The van der Waals surface area contributed by atoms with Gasteiger partial charge in [0.2, 0.25) is 0 Å². The third-order valence-corrected chi connectivity index (χ3v) is 3.96. The average molecular weight is 278 g/mol. The number of carbonyl (C=O) groups is 2. The first-order chi connectivity index (χ1) is 9.60. The molecule has 2 atom stereocenters. The molecule has 0 radical (unpaired) electrons. The van der Waals surface area contributed by atoms with E-state index >= 15 is 0 Å². The fraction of sp³-hybridized carbons (Fsp3) is 0.625. The van der Waals surface area contributed by atoms with E-state index in [2.05, 4.69) is 6.92 Å². The van der Waals surface area contributed by atoms with Gasteiger partial charge in [0.25, 0.3) is 0 Å². The summed E-state index contributed by atoms with van der Waals surface area (Å²) in [6.07, 6.45) is 5.17. The molecule has 2 rings (SSSR count). The lowest BCUT2D eigenvalue weighted by Gasteiger charge is -2.26. The van der Waals surface area contributed by atoms with E-state index < -0.39 is 18.0 Å². The maximum absolute atomic E-state index is 12.0. The van der Waals surface area contributed by atoms with Gasteiger partial charge < -0.3 is 9.84 Å². The van der Waals surface area contributed by atoms with Gasteiger partial charge in [-0.05, 0) is 31.8 Å². The monoisotopic (exact) mass is 278 g/mol. The third kappa shape index (κ3) is 2.70. The van der Waals surface area contributed by atoms with Crippen molar-refractivity contribution in [3.63, 3.8) is 0 Å². The summed E-state index contributed by atoms with van der Waals surface area (Å²) in [5.74, 6) is -0.298. The molecule has 0 bridgehead atoms. The number of cyclic esters (lactones) is 1. The molecule has 4 nitrogen and oxygen atoms in total. The minimum Gasteiger partial charge on any atom is -0.423 e. The Balaban J connectivity index is 2.24. The van der Waals surface area contributed by atoms with E-state index in [1.54, 1.807) is 0 Å². The Labute approximate surface area is 119 Å². The van der Waals surface area contributed by atoms with E-state index in [4.69, 9.17) is 4.74 Å². The van der Waals surface area contributed by atoms with Crippen molar-refractivity contribution in [2.75, 3.05) is 0 Å². The molecule has 1 aliphatic carbocycles. The molecule has 0 amide bonds. The Bertz CT molecular complexity index is 473. The molecule has 4 heteroatoms. The van der Waals surface area contributed by atoms with Crippen LogP contribution in [-0.4, -0.2) is 23.0 Å². The lowest BCUT2D eigenvalue weighted by molar-refractivity contribution is -0.135. The highest BCUT2D eigenvalue weighted by Gasteiger charge is 2.43. The Morgan fingerprint density at radius 3 is 2.80 bits per heavy atom. The van der Waals surface area contributed by atoms with Gasteiger partial charge in [-0.2, -0.15) is 0 Å². The molecule has 0 saturated carbocycles. The molecule has 0 aromatic rings. The zero-order valence-electron chi connectivity index (χ0n) is 12.1. The predicted octanol–water partition coefficient (Wildman–Crippen LogP) is 2.66. The second-order valence-corrected chi connectivity index (χ2v) is 5.45. The van der Waals surface area contributed by atoms with Crippen LogP contribution in [0.2, 0.25) is 0 Å². The summed E-state index contributed by atoms with van der Waals surface area (Å²) in [5.41, 5.74) is 1.12. The molecular weight excluding hydrogens is 256 g/mol. The fourth-order valence-corrected chi connectivity index (χ4v) is 2.90. The van der Waals surface area contributed by atoms with E-state index in [1.165, 1.54) is 0 Å². The zero-order chi connectivity index (χ0) is 14.7. The van der Waals surface area contributed by atoms with Gasteiger partial charge in [0.15, 0.2) is 0 Å². The summed E-state index contributed by atoms with van der Waals surface area (Å²) in [7, 11) is 0. The second kappa shape index (κ2) is 6.35. The smallest absolute Gasteiger partial charge is 0.342 e. The minimum atomic E-state index is -1.00. The molecule has 2 aliphatic rings. The number of ketones is 1. The molecule has 110 valence electrons. The van der Waals surface area contributed by atoms with Crippen LogP contribution in [-0.2, 0) is 14.3 Å². The summed E-state index contributed by atoms with van der Waals surface area (Å²) < 4.78 is 5.25. The molecular formula is C16H22O4. The number of allylic oxidation sites excluding steroid dienone is 2. The number of aliphatic hydroxyl groups excluding tert-OH is 1. The van der Waals surface area contributed by atoms with Crippen molar-refractivity contribution >= 4 is 11.8 Å². The topological polar surface area (TPSA) is 63.6 Å². The van der Waals surface area contributed by atoms with Crippen molar-refractivity contribution in [1.29, 1.82) is 0 Å². The van der Waals surface area contributed by atoms with Gasteiger partial charge in [0.05, 0.1) is 11.7 Å². The van der Waals surface area contributed by atoms with Crippen LogP contribution in [0.25, 0.3) is 0 Å². The Hall–Kier alpha value is -1.42. The van der Waals surface area contributed by atoms with Gasteiger partial charge >= 0.3 is 5.97 Å². The fourth-order valence-electron chi connectivity index (χ4n) is 2.90. The molecule has 0 aromatic heterocycles. The van der Waals surface area contributed by atoms with Crippen molar-refractivity contribution in [2.45, 2.75) is 58.5 Å².